The number of benzene rings is 1. The summed E-state index contributed by atoms with van der Waals surface area (Å²) >= 11 is 0. The number of nitrogens with two attached hydrogens (primary N) is 1. The topological polar surface area (TPSA) is 138 Å². The number of imidazole rings is 1. The second-order valence-corrected chi connectivity index (χ2v) is 11.5. The van der Waals surface area contributed by atoms with Crippen LogP contribution in [0.2, 0.25) is 0 Å². The molecule has 0 radical (unpaired) electrons. The Morgan fingerprint density at radius 3 is 2.51 bits per heavy atom. The summed E-state index contributed by atoms with van der Waals surface area (Å²) in [7, 11) is 1.79. The maximum Gasteiger partial charge on any atom is 0.223 e. The molecular weight excluding hydrogens is 544 g/mol. The molecular formula is C32H50N8O3. The Morgan fingerprint density at radius 1 is 1.02 bits per heavy atom. The molecule has 1 fully saturated rings. The number of pyridine rings is 1. The molecule has 3 aromatic rings. The number of carbonyl (C=O) groups excluding carboxylic acids is 3. The minimum Gasteiger partial charge on any atom is -0.382 e. The molecule has 2 amide bonds. The number of aryl methyl sites for hydroxylation is 1. The summed E-state index contributed by atoms with van der Waals surface area (Å²) in [5.74, 6) is 1.58. The van der Waals surface area contributed by atoms with E-state index in [0.29, 0.717) is 25.5 Å². The number of carbonyl (C=O) groups is 3. The Bertz CT molecular complexity index is 1400. The summed E-state index contributed by atoms with van der Waals surface area (Å²) < 4.78 is 2.32. The van der Waals surface area contributed by atoms with Gasteiger partial charge in [-0.25, -0.2) is 9.97 Å². The van der Waals surface area contributed by atoms with E-state index in [1.807, 2.05) is 23.1 Å². The van der Waals surface area contributed by atoms with Crippen LogP contribution in [0, 0.1) is 0 Å². The molecule has 11 nitrogen and oxygen atoms in total. The summed E-state index contributed by atoms with van der Waals surface area (Å²) in [5, 5.41) is 6.98. The van der Waals surface area contributed by atoms with Crippen LogP contribution >= 0.6 is 0 Å². The Labute approximate surface area is 256 Å². The quantitative estimate of drug-likeness (QED) is 0.215. The number of anilines is 1. The largest absolute Gasteiger partial charge is 0.382 e. The molecule has 2 aromatic heterocycles. The average Bonchev–Trinajstić information content (AvgIpc) is 3.38. The molecule has 0 bridgehead atoms. The first-order valence-electron chi connectivity index (χ1n) is 15.8. The zero-order chi connectivity index (χ0) is 30.8. The number of para-hydroxylation sites is 1. The van der Waals surface area contributed by atoms with Gasteiger partial charge in [-0.3, -0.25) is 19.3 Å². The molecule has 0 spiro atoms. The van der Waals surface area contributed by atoms with E-state index in [9.17, 15) is 14.4 Å². The van der Waals surface area contributed by atoms with Crippen LogP contribution in [0.25, 0.3) is 21.9 Å². The molecule has 1 aliphatic rings. The van der Waals surface area contributed by atoms with Gasteiger partial charge in [0.15, 0.2) is 5.82 Å². The monoisotopic (exact) mass is 594 g/mol. The van der Waals surface area contributed by atoms with Gasteiger partial charge in [0, 0.05) is 71.9 Å². The third-order valence-corrected chi connectivity index (χ3v) is 8.45. The van der Waals surface area contributed by atoms with Crippen LogP contribution in [-0.2, 0) is 27.3 Å². The van der Waals surface area contributed by atoms with Crippen LogP contribution in [0.3, 0.4) is 0 Å². The number of rotatable bonds is 16. The molecule has 1 aliphatic heterocycles. The molecule has 3 heterocycles. The molecule has 4 N–H and O–H groups in total. The average molecular weight is 595 g/mol. The molecule has 0 aliphatic carbocycles. The van der Waals surface area contributed by atoms with Crippen molar-refractivity contribution in [3.05, 3.63) is 30.1 Å². The summed E-state index contributed by atoms with van der Waals surface area (Å²) in [4.78, 5) is 50.3. The van der Waals surface area contributed by atoms with Gasteiger partial charge in [0.25, 0.3) is 0 Å². The van der Waals surface area contributed by atoms with Gasteiger partial charge in [-0.05, 0) is 45.7 Å². The number of Topliss-reactive ketones (excluding diaryl/α,β-unsaturated/α-hetero) is 1. The number of piperazine rings is 1. The third kappa shape index (κ3) is 8.51. The van der Waals surface area contributed by atoms with Crippen LogP contribution in [0.5, 0.6) is 0 Å². The van der Waals surface area contributed by atoms with Gasteiger partial charge in [-0.15, -0.1) is 0 Å². The van der Waals surface area contributed by atoms with E-state index in [4.69, 9.17) is 10.7 Å². The highest BCUT2D eigenvalue weighted by atomic mass is 16.2. The van der Waals surface area contributed by atoms with Crippen molar-refractivity contribution in [1.29, 1.82) is 0 Å². The van der Waals surface area contributed by atoms with Crippen molar-refractivity contribution in [2.24, 2.45) is 0 Å². The molecule has 1 unspecified atom stereocenters. The highest BCUT2D eigenvalue weighted by molar-refractivity contribution is 6.06. The molecule has 4 rings (SSSR count). The standard InChI is InChI=1S/C32H48N8O3.H2/c1-4-5-13-27-37-30-31(24-10-6-7-12-26(24)36-32(30)33)40(27)22-19-38-17-20-39(21-18-38)29(43)15-14-28(42)35-16-9-8-11-25(34-3)23(2)41;/h6-7,10,12,25,34H,4-5,8-9,11,13-22H2,1-3H3,(H2,33,36)(H,35,42);1H. The lowest BCUT2D eigenvalue weighted by atomic mass is 10.1. The fourth-order valence-corrected chi connectivity index (χ4v) is 5.85. The van der Waals surface area contributed by atoms with Crippen LogP contribution in [0.4, 0.5) is 5.82 Å². The van der Waals surface area contributed by atoms with Crippen molar-refractivity contribution in [3.63, 3.8) is 0 Å². The van der Waals surface area contributed by atoms with Gasteiger partial charge in [0.2, 0.25) is 11.8 Å². The van der Waals surface area contributed by atoms with Crippen LogP contribution in [-0.4, -0.2) is 94.3 Å². The summed E-state index contributed by atoms with van der Waals surface area (Å²) in [5.41, 5.74) is 9.06. The molecule has 1 saturated heterocycles. The van der Waals surface area contributed by atoms with Crippen molar-refractivity contribution in [1.82, 2.24) is 35.0 Å². The SMILES string of the molecule is CCCCc1nc2c(N)nc3ccccc3c2n1CCN1CCN(C(=O)CCC(=O)NCCCCC(NC)C(C)=O)CC1.[HH]. The van der Waals surface area contributed by atoms with E-state index in [0.717, 1.165) is 92.5 Å². The molecule has 43 heavy (non-hydrogen) atoms. The Hall–Kier alpha value is -3.57. The second-order valence-electron chi connectivity index (χ2n) is 11.5. The fourth-order valence-electron chi connectivity index (χ4n) is 5.85. The summed E-state index contributed by atoms with van der Waals surface area (Å²) in [6.45, 7) is 8.90. The van der Waals surface area contributed by atoms with E-state index >= 15 is 0 Å². The predicted octanol–water partition coefficient (Wildman–Crippen LogP) is 3.14. The maximum absolute atomic E-state index is 12.8. The first-order valence-corrected chi connectivity index (χ1v) is 15.8. The number of aromatic nitrogens is 3. The highest BCUT2D eigenvalue weighted by Crippen LogP contribution is 2.29. The van der Waals surface area contributed by atoms with Gasteiger partial charge >= 0.3 is 0 Å². The second kappa shape index (κ2) is 15.8. The number of nitrogens with zero attached hydrogens (tertiary/aromatic N) is 5. The normalized spacial score (nSPS) is 14.8. The lowest BCUT2D eigenvalue weighted by Crippen LogP contribution is -2.49. The fraction of sp³-hybridized carbons (Fsp3) is 0.594. The highest BCUT2D eigenvalue weighted by Gasteiger charge is 2.23. The van der Waals surface area contributed by atoms with E-state index in [-0.39, 0.29) is 37.9 Å². The van der Waals surface area contributed by atoms with Gasteiger partial charge in [0.1, 0.15) is 17.1 Å². The van der Waals surface area contributed by atoms with Crippen LogP contribution < -0.4 is 16.4 Å². The van der Waals surface area contributed by atoms with Crippen LogP contribution in [0.1, 0.15) is 66.0 Å². The Balaban J connectivity index is 0.00000529. The lowest BCUT2D eigenvalue weighted by Gasteiger charge is -2.35. The molecule has 1 aromatic carbocycles. The van der Waals surface area contributed by atoms with E-state index in [1.165, 1.54) is 0 Å². The van der Waals surface area contributed by atoms with Gasteiger partial charge in [0.05, 0.1) is 17.1 Å². The van der Waals surface area contributed by atoms with Crippen molar-refractivity contribution in [2.45, 2.75) is 77.8 Å². The molecule has 11 heteroatoms. The number of hydrogen-bond acceptors (Lipinski definition) is 8. The first-order chi connectivity index (χ1) is 20.8. The number of hydrogen-bond donors (Lipinski definition) is 3. The van der Waals surface area contributed by atoms with Crippen LogP contribution in [0.15, 0.2) is 24.3 Å². The zero-order valence-corrected chi connectivity index (χ0v) is 26.0. The van der Waals surface area contributed by atoms with Crippen molar-refractivity contribution in [3.8, 4) is 0 Å². The van der Waals surface area contributed by atoms with Gasteiger partial charge in [-0.2, -0.15) is 0 Å². The number of likely N-dealkylation sites (N-methyl/N-ethyl adjacent to an activating group) is 1. The summed E-state index contributed by atoms with van der Waals surface area (Å²) in [6.07, 6.45) is 5.89. The maximum atomic E-state index is 12.8. The van der Waals surface area contributed by atoms with E-state index in [1.54, 1.807) is 14.0 Å². The number of ketones is 1. The number of nitrogen functional groups attached to an aromatic ring is 1. The minimum absolute atomic E-state index is 0. The number of fused-ring (bicyclic) bond motifs is 3. The molecule has 236 valence electrons. The van der Waals surface area contributed by atoms with E-state index < -0.39 is 0 Å². The predicted molar refractivity (Wildman–Crippen MR) is 173 cm³/mol. The number of amides is 2. The lowest BCUT2D eigenvalue weighted by molar-refractivity contribution is -0.135. The smallest absolute Gasteiger partial charge is 0.223 e. The molecule has 1 atom stereocenters. The molecule has 0 saturated carbocycles. The van der Waals surface area contributed by atoms with Crippen molar-refractivity contribution in [2.75, 3.05) is 52.0 Å². The van der Waals surface area contributed by atoms with Crippen molar-refractivity contribution < 1.29 is 15.8 Å². The zero-order valence-electron chi connectivity index (χ0n) is 26.0. The minimum atomic E-state index is -0.125. The first kappa shape index (κ1) is 32.3. The van der Waals surface area contributed by atoms with Gasteiger partial charge in [-0.1, -0.05) is 31.5 Å². The van der Waals surface area contributed by atoms with E-state index in [2.05, 4.69) is 38.1 Å². The number of nitrogens with one attached hydrogen (secondary N) is 2. The summed E-state index contributed by atoms with van der Waals surface area (Å²) in [6, 6.07) is 7.96. The number of unbranched alkanes of at least 4 members (excludes halogenated alkanes) is 2. The Morgan fingerprint density at radius 2 is 1.79 bits per heavy atom. The third-order valence-electron chi connectivity index (χ3n) is 8.45. The van der Waals surface area contributed by atoms with Crippen molar-refractivity contribution >= 4 is 45.4 Å². The van der Waals surface area contributed by atoms with Gasteiger partial charge < -0.3 is 25.8 Å². The Kier molecular flexibility index (Phi) is 11.9.